The van der Waals surface area contributed by atoms with Crippen molar-refractivity contribution in [3.8, 4) is 0 Å². The quantitative estimate of drug-likeness (QED) is 0.698. The second-order valence-electron chi connectivity index (χ2n) is 9.88. The molecule has 0 aromatic heterocycles. The molecule has 2 unspecified atom stereocenters. The van der Waals surface area contributed by atoms with Crippen LogP contribution in [0.25, 0.3) is 0 Å². The van der Waals surface area contributed by atoms with Gasteiger partial charge >= 0.3 is 0 Å². The van der Waals surface area contributed by atoms with Gasteiger partial charge in [0, 0.05) is 5.41 Å². The Morgan fingerprint density at radius 1 is 1.17 bits per heavy atom. The Kier molecular flexibility index (Phi) is 4.16. The zero-order valence-corrected chi connectivity index (χ0v) is 16.9. The van der Waals surface area contributed by atoms with E-state index in [-0.39, 0.29) is 34.6 Å². The highest BCUT2D eigenvalue weighted by Crippen LogP contribution is 2.61. The molecule has 3 rings (SSSR count). The van der Waals surface area contributed by atoms with Crippen LogP contribution in [0.3, 0.4) is 0 Å². The Balaban J connectivity index is 1.86. The van der Waals surface area contributed by atoms with Gasteiger partial charge in [-0.15, -0.1) is 0 Å². The van der Waals surface area contributed by atoms with Crippen LogP contribution in [0.4, 0.5) is 0 Å². The van der Waals surface area contributed by atoms with Crippen LogP contribution in [0.5, 0.6) is 0 Å². The Morgan fingerprint density at radius 3 is 2.43 bits per heavy atom. The fourth-order valence-corrected chi connectivity index (χ4v) is 5.97. The first-order chi connectivity index (χ1) is 10.4. The average Bonchev–Trinajstić information content (AvgIpc) is 2.96. The van der Waals surface area contributed by atoms with Crippen LogP contribution in [-0.2, 0) is 13.9 Å². The van der Waals surface area contributed by atoms with Crippen molar-refractivity contribution in [2.24, 2.45) is 5.41 Å². The summed E-state index contributed by atoms with van der Waals surface area (Å²) in [6.07, 6.45) is 4.84. The predicted octanol–water partition coefficient (Wildman–Crippen LogP) is 4.43. The minimum Gasteiger partial charge on any atom is -0.413 e. The smallest absolute Gasteiger partial charge is 0.192 e. The molecule has 1 aliphatic heterocycles. The molecule has 0 amide bonds. The maximum Gasteiger partial charge on any atom is 0.192 e. The summed E-state index contributed by atoms with van der Waals surface area (Å²) in [5, 5.41) is 0.225. The molecule has 0 aromatic carbocycles. The van der Waals surface area contributed by atoms with Gasteiger partial charge in [0.15, 0.2) is 14.1 Å². The number of rotatable bonds is 2. The molecule has 3 aliphatic rings. The molecule has 1 saturated heterocycles. The van der Waals surface area contributed by atoms with E-state index >= 15 is 0 Å². The van der Waals surface area contributed by atoms with E-state index in [0.29, 0.717) is 0 Å². The van der Waals surface area contributed by atoms with E-state index in [1.807, 2.05) is 13.8 Å². The lowest BCUT2D eigenvalue weighted by atomic mass is 9.76. The zero-order valence-electron chi connectivity index (χ0n) is 15.9. The van der Waals surface area contributed by atoms with E-state index in [9.17, 15) is 0 Å². The molecule has 5 atom stereocenters. The van der Waals surface area contributed by atoms with Gasteiger partial charge < -0.3 is 13.9 Å². The Labute approximate surface area is 144 Å². The molecule has 3 nitrogen and oxygen atoms in total. The van der Waals surface area contributed by atoms with Crippen molar-refractivity contribution in [2.45, 2.75) is 108 Å². The van der Waals surface area contributed by atoms with Crippen LogP contribution >= 0.6 is 0 Å². The lowest BCUT2D eigenvalue weighted by Crippen LogP contribution is -2.50. The minimum absolute atomic E-state index is 0.0219. The first-order valence-corrected chi connectivity index (χ1v) is 12.1. The molecular weight excluding hydrogens is 303 g/mol. The van der Waals surface area contributed by atoms with Crippen molar-refractivity contribution in [1.29, 1.82) is 0 Å². The molecule has 2 saturated carbocycles. The maximum absolute atomic E-state index is 6.87. The van der Waals surface area contributed by atoms with Crippen LogP contribution in [0.1, 0.15) is 60.3 Å². The highest BCUT2D eigenvalue weighted by molar-refractivity contribution is 6.74. The monoisotopic (exact) mass is 336 g/mol. The largest absolute Gasteiger partial charge is 0.413 e. The van der Waals surface area contributed by atoms with E-state index in [2.05, 4.69) is 33.9 Å². The lowest BCUT2D eigenvalue weighted by molar-refractivity contribution is -0.171. The number of hydrogen-bond acceptors (Lipinski definition) is 3. The predicted molar refractivity (Wildman–Crippen MR) is 96.3 cm³/mol. The van der Waals surface area contributed by atoms with Gasteiger partial charge in [-0.3, -0.25) is 0 Å². The minimum atomic E-state index is -1.80. The summed E-state index contributed by atoms with van der Waals surface area (Å²) in [5.41, 5.74) is 0.0490. The summed E-state index contributed by atoms with van der Waals surface area (Å²) in [7, 11) is 4.66. The fraction of sp³-hybridized carbons (Fsp3) is 1.00. The van der Waals surface area contributed by atoms with Gasteiger partial charge in [0.1, 0.15) is 0 Å². The van der Waals surface area contributed by atoms with Crippen LogP contribution < -0.4 is 0 Å². The number of hydrogen-bond donors (Lipinski definition) is 0. The van der Waals surface area contributed by atoms with Gasteiger partial charge in [-0.2, -0.15) is 0 Å². The summed E-state index contributed by atoms with van der Waals surface area (Å²) < 4.78 is 19.3. The van der Waals surface area contributed by atoms with Crippen LogP contribution in [0, 0.1) is 5.41 Å². The molecular formula is C18H33BO3Si. The van der Waals surface area contributed by atoms with Gasteiger partial charge in [0.2, 0.25) is 0 Å². The number of ether oxygens (including phenoxy) is 2. The second-order valence-corrected chi connectivity index (χ2v) is 14.6. The normalized spacial score (nSPS) is 43.3. The summed E-state index contributed by atoms with van der Waals surface area (Å²) in [5.74, 6) is -0.463. The number of fused-ring (bicyclic) bond motifs is 2. The van der Waals surface area contributed by atoms with Crippen molar-refractivity contribution in [3.05, 3.63) is 0 Å². The Hall–Kier alpha value is 0.162. The Bertz CT molecular complexity index is 473. The first-order valence-electron chi connectivity index (χ1n) is 9.17. The van der Waals surface area contributed by atoms with E-state index in [4.69, 9.17) is 21.7 Å². The first kappa shape index (κ1) is 18.0. The van der Waals surface area contributed by atoms with E-state index < -0.39 is 14.1 Å². The van der Waals surface area contributed by atoms with Gasteiger partial charge in [0.25, 0.3) is 0 Å². The lowest BCUT2D eigenvalue weighted by Gasteiger charge is -2.44. The zero-order chi connectivity index (χ0) is 17.3. The van der Waals surface area contributed by atoms with Crippen molar-refractivity contribution in [2.75, 3.05) is 0 Å². The van der Waals surface area contributed by atoms with Gasteiger partial charge in [-0.05, 0) is 57.1 Å². The van der Waals surface area contributed by atoms with Crippen LogP contribution in [0.15, 0.2) is 0 Å². The third-order valence-electron chi connectivity index (χ3n) is 6.73. The Morgan fingerprint density at radius 2 is 1.83 bits per heavy atom. The third-order valence-corrected chi connectivity index (χ3v) is 11.2. The summed E-state index contributed by atoms with van der Waals surface area (Å²) in [6, 6.07) is 0. The summed E-state index contributed by atoms with van der Waals surface area (Å²) >= 11 is 0. The van der Waals surface area contributed by atoms with Crippen LogP contribution in [0.2, 0.25) is 23.9 Å². The van der Waals surface area contributed by atoms with Gasteiger partial charge in [0.05, 0.1) is 26.2 Å². The summed E-state index contributed by atoms with van der Waals surface area (Å²) in [6.45, 7) is 15.6. The van der Waals surface area contributed by atoms with E-state index in [1.165, 1.54) is 6.42 Å². The highest BCUT2D eigenvalue weighted by atomic mass is 28.4. The molecule has 0 N–H and O–H groups in total. The third kappa shape index (κ3) is 2.86. The fourth-order valence-electron chi connectivity index (χ4n) is 4.55. The topological polar surface area (TPSA) is 27.7 Å². The average molecular weight is 336 g/mol. The molecule has 1 heterocycles. The molecule has 3 fully saturated rings. The van der Waals surface area contributed by atoms with Crippen molar-refractivity contribution < 1.29 is 13.9 Å². The molecule has 1 spiro atoms. The SMILES string of the molecule is [B][C@@H]1C[C@@]2(CCC[C@H]2O[Si](C)(C)C(C)(C)C)C2OC(C)(C)OC21. The maximum atomic E-state index is 6.87. The molecule has 0 bridgehead atoms. The van der Waals surface area contributed by atoms with Gasteiger partial charge in [-0.1, -0.05) is 27.2 Å². The van der Waals surface area contributed by atoms with Crippen LogP contribution in [-0.4, -0.2) is 40.3 Å². The van der Waals surface area contributed by atoms with Crippen molar-refractivity contribution in [3.63, 3.8) is 0 Å². The highest BCUT2D eigenvalue weighted by Gasteiger charge is 2.64. The second kappa shape index (κ2) is 5.33. The van der Waals surface area contributed by atoms with Gasteiger partial charge in [-0.25, -0.2) is 0 Å². The standard InChI is InChI=1S/C18H33BO3Si/c1-16(2,3)23(6,7)22-13-9-8-10-18(13)11-12(19)14-15(18)21-17(4,5)20-14/h12-15H,8-11H2,1-7H3/t12-,13-,14?,15?,18-/m1/s1. The van der Waals surface area contributed by atoms with Crippen molar-refractivity contribution in [1.82, 2.24) is 0 Å². The molecule has 2 radical (unpaired) electrons. The molecule has 0 aromatic rings. The molecule has 5 heteroatoms. The van der Waals surface area contributed by atoms with Crippen molar-refractivity contribution >= 4 is 16.2 Å². The summed E-state index contributed by atoms with van der Waals surface area (Å²) in [4.78, 5) is 0. The molecule has 130 valence electrons. The molecule has 2 aliphatic carbocycles. The molecule has 23 heavy (non-hydrogen) atoms. The van der Waals surface area contributed by atoms with E-state index in [1.54, 1.807) is 0 Å². The van der Waals surface area contributed by atoms with E-state index in [0.717, 1.165) is 19.3 Å².